The summed E-state index contributed by atoms with van der Waals surface area (Å²) in [6.45, 7) is 6.58. The molecule has 1 unspecified atom stereocenters. The van der Waals surface area contributed by atoms with E-state index in [1.165, 1.54) is 250 Å². The maximum atomic E-state index is 13.0. The molecule has 6 nitrogen and oxygen atoms in total. The molecule has 0 bridgehead atoms. The summed E-state index contributed by atoms with van der Waals surface area (Å²) in [4.78, 5) is 38.5. The van der Waals surface area contributed by atoms with Crippen LogP contribution in [0, 0.1) is 0 Å². The fourth-order valence-electron chi connectivity index (χ4n) is 10.5. The SMILES string of the molecule is CC/C=C\C/C=C\C/C=C\C/C=C\CCCCCCCCCCCCCCCCC(=O)OCC(COC(=O)CCCCCCCCC/C=C\CCCCCCCCC)OC(=O)CCCCCCCCCCC/C=C\CCCCCCCC. The van der Waals surface area contributed by atoms with Gasteiger partial charge in [0.2, 0.25) is 0 Å². The van der Waals surface area contributed by atoms with Gasteiger partial charge in [-0.3, -0.25) is 14.4 Å². The fourth-order valence-corrected chi connectivity index (χ4v) is 10.5. The summed E-state index contributed by atoms with van der Waals surface area (Å²) in [7, 11) is 0. The Morgan fingerprint density at radius 1 is 0.256 bits per heavy atom. The maximum absolute atomic E-state index is 13.0. The third kappa shape index (κ3) is 67.6. The molecule has 0 aliphatic heterocycles. The van der Waals surface area contributed by atoms with Crippen molar-refractivity contribution in [2.75, 3.05) is 13.2 Å². The van der Waals surface area contributed by atoms with E-state index in [9.17, 15) is 14.4 Å². The first-order chi connectivity index (χ1) is 40.5. The first-order valence-electron chi connectivity index (χ1n) is 35.9. The van der Waals surface area contributed by atoms with Crippen LogP contribution in [0.4, 0.5) is 0 Å². The number of ether oxygens (including phenoxy) is 3. The molecule has 82 heavy (non-hydrogen) atoms. The zero-order valence-corrected chi connectivity index (χ0v) is 54.8. The molecule has 0 rings (SSSR count). The number of carbonyl (C=O) groups excluding carboxylic acids is 3. The summed E-state index contributed by atoms with van der Waals surface area (Å²) >= 11 is 0. The lowest BCUT2D eigenvalue weighted by atomic mass is 10.0. The van der Waals surface area contributed by atoms with Gasteiger partial charge in [-0.2, -0.15) is 0 Å². The Kier molecular flexibility index (Phi) is 67.6. The van der Waals surface area contributed by atoms with Gasteiger partial charge in [-0.05, 0) is 109 Å². The predicted octanol–water partition coefficient (Wildman–Crippen LogP) is 24.8. The number of unbranched alkanes of at least 4 members (excludes halogenated alkanes) is 43. The highest BCUT2D eigenvalue weighted by Crippen LogP contribution is 2.18. The number of hydrogen-bond donors (Lipinski definition) is 0. The van der Waals surface area contributed by atoms with E-state index in [1.807, 2.05) is 0 Å². The van der Waals surface area contributed by atoms with Crippen LogP contribution in [0.2, 0.25) is 0 Å². The molecule has 0 aromatic rings. The largest absolute Gasteiger partial charge is 0.462 e. The van der Waals surface area contributed by atoms with E-state index in [1.54, 1.807) is 0 Å². The van der Waals surface area contributed by atoms with Crippen LogP contribution in [0.5, 0.6) is 0 Å². The molecule has 0 spiro atoms. The third-order valence-electron chi connectivity index (χ3n) is 15.9. The number of carbonyl (C=O) groups is 3. The molecule has 0 fully saturated rings. The highest BCUT2D eigenvalue weighted by Gasteiger charge is 2.19. The van der Waals surface area contributed by atoms with Crippen LogP contribution in [0.15, 0.2) is 72.9 Å². The molecule has 6 heteroatoms. The van der Waals surface area contributed by atoms with Crippen molar-refractivity contribution in [3.8, 4) is 0 Å². The summed E-state index contributed by atoms with van der Waals surface area (Å²) in [5, 5.41) is 0. The average Bonchev–Trinajstić information content (AvgIpc) is 3.47. The molecule has 0 amide bonds. The molecule has 0 aromatic heterocycles. The Labute approximate surface area is 510 Å². The van der Waals surface area contributed by atoms with Crippen molar-refractivity contribution in [1.82, 2.24) is 0 Å². The van der Waals surface area contributed by atoms with Crippen LogP contribution in [0.25, 0.3) is 0 Å². The van der Waals surface area contributed by atoms with Gasteiger partial charge in [-0.15, -0.1) is 0 Å². The monoisotopic (exact) mass is 1150 g/mol. The van der Waals surface area contributed by atoms with E-state index >= 15 is 0 Å². The van der Waals surface area contributed by atoms with Gasteiger partial charge in [0, 0.05) is 19.3 Å². The van der Waals surface area contributed by atoms with Gasteiger partial charge in [-0.1, -0.05) is 318 Å². The van der Waals surface area contributed by atoms with Crippen molar-refractivity contribution in [3.05, 3.63) is 72.9 Å². The zero-order valence-electron chi connectivity index (χ0n) is 54.8. The van der Waals surface area contributed by atoms with Gasteiger partial charge in [0.25, 0.3) is 0 Å². The second kappa shape index (κ2) is 70.3. The van der Waals surface area contributed by atoms with Gasteiger partial charge >= 0.3 is 17.9 Å². The lowest BCUT2D eigenvalue weighted by Gasteiger charge is -2.18. The van der Waals surface area contributed by atoms with E-state index < -0.39 is 6.10 Å². The summed E-state index contributed by atoms with van der Waals surface area (Å²) in [5.41, 5.74) is 0. The molecule has 0 radical (unpaired) electrons. The lowest BCUT2D eigenvalue weighted by molar-refractivity contribution is -0.167. The minimum atomic E-state index is -0.779. The quantitative estimate of drug-likeness (QED) is 0.0261. The number of allylic oxidation sites excluding steroid dienone is 12. The maximum Gasteiger partial charge on any atom is 0.306 e. The first-order valence-corrected chi connectivity index (χ1v) is 35.9. The average molecular weight is 1150 g/mol. The molecule has 476 valence electrons. The highest BCUT2D eigenvalue weighted by atomic mass is 16.6. The van der Waals surface area contributed by atoms with E-state index in [2.05, 4.69) is 93.7 Å². The summed E-state index contributed by atoms with van der Waals surface area (Å²) in [5.74, 6) is -0.858. The third-order valence-corrected chi connectivity index (χ3v) is 15.9. The van der Waals surface area contributed by atoms with E-state index in [4.69, 9.17) is 14.2 Å². The number of rotatable bonds is 66. The van der Waals surface area contributed by atoms with E-state index in [0.29, 0.717) is 19.3 Å². The second-order valence-corrected chi connectivity index (χ2v) is 24.1. The Morgan fingerprint density at radius 3 is 0.756 bits per heavy atom. The molecule has 0 aliphatic carbocycles. The van der Waals surface area contributed by atoms with Gasteiger partial charge < -0.3 is 14.2 Å². The Bertz CT molecular complexity index is 1500. The normalized spacial score (nSPS) is 12.5. The van der Waals surface area contributed by atoms with Crippen molar-refractivity contribution >= 4 is 17.9 Å². The first kappa shape index (κ1) is 78.8. The van der Waals surface area contributed by atoms with Crippen molar-refractivity contribution in [2.24, 2.45) is 0 Å². The highest BCUT2D eigenvalue weighted by molar-refractivity contribution is 5.71. The van der Waals surface area contributed by atoms with Gasteiger partial charge in [0.05, 0.1) is 0 Å². The minimum absolute atomic E-state index is 0.0744. The smallest absolute Gasteiger partial charge is 0.306 e. The molecule has 0 aliphatic rings. The van der Waals surface area contributed by atoms with Gasteiger partial charge in [0.15, 0.2) is 6.10 Å². The van der Waals surface area contributed by atoms with Crippen LogP contribution in [-0.2, 0) is 28.6 Å². The van der Waals surface area contributed by atoms with E-state index in [-0.39, 0.29) is 31.1 Å². The Hall–Kier alpha value is -3.15. The summed E-state index contributed by atoms with van der Waals surface area (Å²) < 4.78 is 17.0. The van der Waals surface area contributed by atoms with Gasteiger partial charge in [0.1, 0.15) is 13.2 Å². The Balaban J connectivity index is 4.31. The summed E-state index contributed by atoms with van der Waals surface area (Å²) in [6, 6.07) is 0. The molecule has 1 atom stereocenters. The van der Waals surface area contributed by atoms with E-state index in [0.717, 1.165) is 83.5 Å². The van der Waals surface area contributed by atoms with Crippen molar-refractivity contribution in [1.29, 1.82) is 0 Å². The molecule has 0 heterocycles. The summed E-state index contributed by atoms with van der Waals surface area (Å²) in [6.07, 6.45) is 92.1. The Morgan fingerprint density at radius 2 is 0.476 bits per heavy atom. The molecule has 0 N–H and O–H groups in total. The van der Waals surface area contributed by atoms with Gasteiger partial charge in [-0.25, -0.2) is 0 Å². The van der Waals surface area contributed by atoms with Crippen molar-refractivity contribution < 1.29 is 28.6 Å². The molecule has 0 aromatic carbocycles. The van der Waals surface area contributed by atoms with Crippen LogP contribution in [-0.4, -0.2) is 37.2 Å². The van der Waals surface area contributed by atoms with Crippen LogP contribution < -0.4 is 0 Å². The fraction of sp³-hybridized carbons (Fsp3) is 0.803. The van der Waals surface area contributed by atoms with Crippen LogP contribution in [0.3, 0.4) is 0 Å². The van der Waals surface area contributed by atoms with Crippen LogP contribution in [0.1, 0.15) is 374 Å². The lowest BCUT2D eigenvalue weighted by Crippen LogP contribution is -2.30. The molecular formula is C76H136O6. The number of hydrogen-bond acceptors (Lipinski definition) is 6. The second-order valence-electron chi connectivity index (χ2n) is 24.1. The minimum Gasteiger partial charge on any atom is -0.462 e. The predicted molar refractivity (Wildman–Crippen MR) is 358 cm³/mol. The van der Waals surface area contributed by atoms with Crippen LogP contribution >= 0.6 is 0 Å². The van der Waals surface area contributed by atoms with Crippen molar-refractivity contribution in [2.45, 2.75) is 380 Å². The van der Waals surface area contributed by atoms with Crippen molar-refractivity contribution in [3.63, 3.8) is 0 Å². The molecular weight excluding hydrogens is 1010 g/mol. The number of esters is 3. The molecule has 0 saturated carbocycles. The standard InChI is InChI=1S/C76H136O6/c1-4-7-10-13-16-19-22-25-28-31-34-35-36-37-38-39-40-41-43-45-48-51-54-57-60-63-66-69-75(78)81-72-73(71-80-74(77)68-65-62-59-56-53-50-47-44-33-30-27-24-21-18-15-12-9-6-3)82-76(79)70-67-64-61-58-55-52-49-46-42-32-29-26-23-20-17-14-11-8-5-2/h7,10,16,19,25-26,28-30,33-35,73H,4-6,8-9,11-15,17-18,20-24,27,31-32,36-72H2,1-3H3/b10-7-,19-16-,28-25-,29-26-,33-30-,35-34-. The zero-order chi connectivity index (χ0) is 59.2. The topological polar surface area (TPSA) is 78.9 Å². The molecule has 0 saturated heterocycles.